The first-order valence-electron chi connectivity index (χ1n) is 7.93. The van der Waals surface area contributed by atoms with E-state index in [-0.39, 0.29) is 24.0 Å². The molecule has 0 aliphatic heterocycles. The van der Waals surface area contributed by atoms with Crippen LogP contribution in [-0.4, -0.2) is 24.0 Å². The molecule has 0 bridgehead atoms. The second-order valence-corrected chi connectivity index (χ2v) is 7.54. The van der Waals surface area contributed by atoms with Gasteiger partial charge in [-0.3, -0.25) is 4.99 Å². The lowest BCUT2D eigenvalue weighted by atomic mass is 9.75. The molecule has 1 aromatic heterocycles. The number of hydrogen-bond donors (Lipinski definition) is 2. The summed E-state index contributed by atoms with van der Waals surface area (Å²) in [4.78, 5) is 8.90. The van der Waals surface area contributed by atoms with Crippen molar-refractivity contribution in [1.82, 2.24) is 15.6 Å². The van der Waals surface area contributed by atoms with Gasteiger partial charge in [0.2, 0.25) is 0 Å². The van der Waals surface area contributed by atoms with Gasteiger partial charge in [0, 0.05) is 18.5 Å². The highest BCUT2D eigenvalue weighted by atomic mass is 127. The van der Waals surface area contributed by atoms with Crippen molar-refractivity contribution in [3.05, 3.63) is 16.1 Å². The van der Waals surface area contributed by atoms with Gasteiger partial charge >= 0.3 is 0 Å². The highest BCUT2D eigenvalue weighted by Crippen LogP contribution is 2.34. The van der Waals surface area contributed by atoms with Gasteiger partial charge in [-0.1, -0.05) is 20.8 Å². The van der Waals surface area contributed by atoms with E-state index >= 15 is 0 Å². The molecule has 1 fully saturated rings. The van der Waals surface area contributed by atoms with Gasteiger partial charge in [-0.2, -0.15) is 0 Å². The molecule has 22 heavy (non-hydrogen) atoms. The molecule has 0 radical (unpaired) electrons. The summed E-state index contributed by atoms with van der Waals surface area (Å²) in [7, 11) is 1.83. The summed E-state index contributed by atoms with van der Waals surface area (Å²) >= 11 is 1.73. The predicted molar refractivity (Wildman–Crippen MR) is 106 cm³/mol. The van der Waals surface area contributed by atoms with Gasteiger partial charge in [0.1, 0.15) is 0 Å². The Labute approximate surface area is 155 Å². The van der Waals surface area contributed by atoms with E-state index in [2.05, 4.69) is 46.8 Å². The Balaban J connectivity index is 0.00000242. The molecule has 0 saturated heterocycles. The largest absolute Gasteiger partial charge is 0.354 e. The van der Waals surface area contributed by atoms with E-state index in [1.54, 1.807) is 11.3 Å². The first-order valence-corrected chi connectivity index (χ1v) is 8.81. The van der Waals surface area contributed by atoms with Crippen LogP contribution in [0.3, 0.4) is 0 Å². The minimum Gasteiger partial charge on any atom is -0.354 e. The molecule has 1 saturated carbocycles. The molecular weight excluding hydrogens is 407 g/mol. The maximum atomic E-state index is 4.57. The Morgan fingerprint density at radius 2 is 2.09 bits per heavy atom. The van der Waals surface area contributed by atoms with Crippen LogP contribution in [0.25, 0.3) is 0 Å². The number of nitrogens with one attached hydrogen (secondary N) is 2. The van der Waals surface area contributed by atoms with Crippen LogP contribution in [0.5, 0.6) is 0 Å². The maximum Gasteiger partial charge on any atom is 0.191 e. The number of aliphatic imine (C=N–C) groups is 1. The highest BCUT2D eigenvalue weighted by Gasteiger charge is 2.27. The molecule has 1 aliphatic carbocycles. The molecule has 126 valence electrons. The Bertz CT molecular complexity index is 474. The van der Waals surface area contributed by atoms with E-state index in [1.165, 1.54) is 30.7 Å². The Hall–Kier alpha value is -0.370. The monoisotopic (exact) mass is 436 g/mol. The fourth-order valence-corrected chi connectivity index (χ4v) is 3.44. The molecule has 0 atom stereocenters. The van der Waals surface area contributed by atoms with Crippen molar-refractivity contribution in [2.45, 2.75) is 65.5 Å². The van der Waals surface area contributed by atoms with Gasteiger partial charge in [-0.15, -0.1) is 35.3 Å². The standard InChI is InChI=1S/C16H28N4S.HI/c1-5-14-19-13(11-21-14)10-18-15(17-4)20-12-6-8-16(2,3)9-7-12;/h11-12H,5-10H2,1-4H3,(H2,17,18,20);1H. The summed E-state index contributed by atoms with van der Waals surface area (Å²) in [6.07, 6.45) is 6.03. The van der Waals surface area contributed by atoms with Crippen molar-refractivity contribution in [3.8, 4) is 0 Å². The van der Waals surface area contributed by atoms with Crippen molar-refractivity contribution in [3.63, 3.8) is 0 Å². The van der Waals surface area contributed by atoms with E-state index in [9.17, 15) is 0 Å². The summed E-state index contributed by atoms with van der Waals surface area (Å²) in [5, 5.41) is 10.2. The molecular formula is C16H29IN4S. The molecule has 0 unspecified atom stereocenters. The van der Waals surface area contributed by atoms with Crippen molar-refractivity contribution < 1.29 is 0 Å². The average Bonchev–Trinajstić information content (AvgIpc) is 2.93. The zero-order chi connectivity index (χ0) is 15.3. The fraction of sp³-hybridized carbons (Fsp3) is 0.750. The summed E-state index contributed by atoms with van der Waals surface area (Å²) < 4.78 is 0. The van der Waals surface area contributed by atoms with Crippen LogP contribution in [0.2, 0.25) is 0 Å². The van der Waals surface area contributed by atoms with Crippen LogP contribution >= 0.6 is 35.3 Å². The summed E-state index contributed by atoms with van der Waals surface area (Å²) in [5.74, 6) is 0.894. The van der Waals surface area contributed by atoms with E-state index < -0.39 is 0 Å². The minimum absolute atomic E-state index is 0. The number of guanidine groups is 1. The summed E-state index contributed by atoms with van der Waals surface area (Å²) in [5.41, 5.74) is 1.61. The smallest absolute Gasteiger partial charge is 0.191 e. The number of aromatic nitrogens is 1. The zero-order valence-electron chi connectivity index (χ0n) is 14.1. The molecule has 6 heteroatoms. The zero-order valence-corrected chi connectivity index (χ0v) is 17.3. The molecule has 1 aliphatic rings. The van der Waals surface area contributed by atoms with Crippen LogP contribution in [0.1, 0.15) is 57.2 Å². The number of hydrogen-bond acceptors (Lipinski definition) is 3. The van der Waals surface area contributed by atoms with Crippen molar-refractivity contribution in [2.24, 2.45) is 10.4 Å². The summed E-state index contributed by atoms with van der Waals surface area (Å²) in [6, 6.07) is 0.547. The Morgan fingerprint density at radius 1 is 1.41 bits per heavy atom. The van der Waals surface area contributed by atoms with Gasteiger partial charge in [-0.05, 0) is 37.5 Å². The number of aryl methyl sites for hydroxylation is 1. The molecule has 2 N–H and O–H groups in total. The van der Waals surface area contributed by atoms with Crippen molar-refractivity contribution >= 4 is 41.3 Å². The van der Waals surface area contributed by atoms with Gasteiger partial charge in [0.05, 0.1) is 17.2 Å². The van der Waals surface area contributed by atoms with Gasteiger partial charge in [0.15, 0.2) is 5.96 Å². The van der Waals surface area contributed by atoms with Crippen molar-refractivity contribution in [2.75, 3.05) is 7.05 Å². The van der Waals surface area contributed by atoms with Crippen molar-refractivity contribution in [1.29, 1.82) is 0 Å². The third-order valence-electron chi connectivity index (χ3n) is 4.24. The number of nitrogens with zero attached hydrogens (tertiary/aromatic N) is 2. The van der Waals surface area contributed by atoms with Crippen LogP contribution in [0, 0.1) is 5.41 Å². The Morgan fingerprint density at radius 3 is 2.64 bits per heavy atom. The lowest BCUT2D eigenvalue weighted by Crippen LogP contribution is -2.45. The predicted octanol–water partition coefficient (Wildman–Crippen LogP) is 3.96. The molecule has 4 nitrogen and oxygen atoms in total. The second-order valence-electron chi connectivity index (χ2n) is 6.59. The van der Waals surface area contributed by atoms with Gasteiger partial charge in [0.25, 0.3) is 0 Å². The van der Waals surface area contributed by atoms with Crippen LogP contribution in [-0.2, 0) is 13.0 Å². The third kappa shape index (κ3) is 6.02. The molecule has 1 aromatic rings. The topological polar surface area (TPSA) is 49.3 Å². The molecule has 0 aromatic carbocycles. The normalized spacial score (nSPS) is 18.6. The Kier molecular flexibility index (Phi) is 8.10. The molecule has 0 spiro atoms. The van der Waals surface area contributed by atoms with Gasteiger partial charge in [-0.25, -0.2) is 4.98 Å². The van der Waals surface area contributed by atoms with Crippen LogP contribution < -0.4 is 10.6 Å². The number of rotatable bonds is 4. The van der Waals surface area contributed by atoms with E-state index in [0.29, 0.717) is 11.5 Å². The quantitative estimate of drug-likeness (QED) is 0.427. The number of thiazole rings is 1. The van der Waals surface area contributed by atoms with E-state index in [0.717, 1.165) is 24.6 Å². The first kappa shape index (κ1) is 19.7. The van der Waals surface area contributed by atoms with Crippen LogP contribution in [0.15, 0.2) is 10.4 Å². The number of halogens is 1. The average molecular weight is 436 g/mol. The summed E-state index contributed by atoms with van der Waals surface area (Å²) in [6.45, 7) is 7.61. The SMILES string of the molecule is CCc1nc(CNC(=NC)NC2CCC(C)(C)CC2)cs1.I. The third-order valence-corrected chi connectivity index (χ3v) is 5.28. The van der Waals surface area contributed by atoms with E-state index in [1.807, 2.05) is 7.05 Å². The van der Waals surface area contributed by atoms with E-state index in [4.69, 9.17) is 0 Å². The minimum atomic E-state index is 0. The lowest BCUT2D eigenvalue weighted by molar-refractivity contribution is 0.216. The molecule has 2 rings (SSSR count). The molecule has 1 heterocycles. The fourth-order valence-electron chi connectivity index (χ4n) is 2.70. The highest BCUT2D eigenvalue weighted by molar-refractivity contribution is 14.0. The van der Waals surface area contributed by atoms with Gasteiger partial charge < -0.3 is 10.6 Å². The second kappa shape index (κ2) is 9.05. The molecule has 0 amide bonds. The van der Waals surface area contributed by atoms with Crippen LogP contribution in [0.4, 0.5) is 0 Å². The first-order chi connectivity index (χ1) is 10.0. The maximum absolute atomic E-state index is 4.57. The lowest BCUT2D eigenvalue weighted by Gasteiger charge is -2.35.